The zero-order valence-electron chi connectivity index (χ0n) is 18.3. The number of carbonyl (C=O) groups excluding carboxylic acids is 3. The van der Waals surface area contributed by atoms with E-state index in [0.29, 0.717) is 45.0 Å². The van der Waals surface area contributed by atoms with Gasteiger partial charge in [-0.2, -0.15) is 0 Å². The molecule has 35 heavy (non-hydrogen) atoms. The molecule has 0 aromatic heterocycles. The lowest BCUT2D eigenvalue weighted by Crippen LogP contribution is -2.32. The monoisotopic (exact) mass is 529 g/mol. The number of anilines is 3. The fourth-order valence-corrected chi connectivity index (χ4v) is 4.12. The number of nitrogens with zero attached hydrogens (tertiary/aromatic N) is 1. The van der Waals surface area contributed by atoms with Crippen LogP contribution in [0.25, 0.3) is 0 Å². The van der Waals surface area contributed by atoms with Crippen molar-refractivity contribution in [3.63, 3.8) is 0 Å². The van der Waals surface area contributed by atoms with Crippen LogP contribution < -0.4 is 20.3 Å². The van der Waals surface area contributed by atoms with Gasteiger partial charge in [-0.05, 0) is 73.7 Å². The Morgan fingerprint density at radius 1 is 0.857 bits per heavy atom. The zero-order chi connectivity index (χ0) is 25.1. The number of ether oxygens (including phenoxy) is 1. The Morgan fingerprint density at radius 3 is 2.09 bits per heavy atom. The summed E-state index contributed by atoms with van der Waals surface area (Å²) in [5.74, 6) is -0.986. The number of hydrogen-bond acceptors (Lipinski definition) is 5. The van der Waals surface area contributed by atoms with Gasteiger partial charge in [0.2, 0.25) is 0 Å². The van der Waals surface area contributed by atoms with Gasteiger partial charge in [0.25, 0.3) is 17.7 Å². The van der Waals surface area contributed by atoms with E-state index in [-0.39, 0.29) is 16.6 Å². The van der Waals surface area contributed by atoms with Gasteiger partial charge in [0.15, 0.2) is 0 Å². The molecule has 178 valence electrons. The Kier molecular flexibility index (Phi) is 7.31. The quantitative estimate of drug-likeness (QED) is 0.362. The molecule has 0 saturated heterocycles. The van der Waals surface area contributed by atoms with E-state index in [0.717, 1.165) is 4.90 Å². The Bertz CT molecular complexity index is 1320. The average Bonchev–Trinajstić information content (AvgIpc) is 3.03. The molecule has 1 heterocycles. The highest BCUT2D eigenvalue weighted by atomic mass is 35.5. The zero-order valence-corrected chi connectivity index (χ0v) is 20.5. The van der Waals surface area contributed by atoms with Crippen molar-refractivity contribution >= 4 is 69.6 Å². The summed E-state index contributed by atoms with van der Waals surface area (Å²) < 4.78 is 5.39. The highest BCUT2D eigenvalue weighted by Gasteiger charge is 2.39. The largest absolute Gasteiger partial charge is 0.494 e. The van der Waals surface area contributed by atoms with Crippen molar-refractivity contribution in [2.75, 3.05) is 22.1 Å². The third kappa shape index (κ3) is 5.43. The number of halogens is 3. The summed E-state index contributed by atoms with van der Waals surface area (Å²) >= 11 is 18.1. The van der Waals surface area contributed by atoms with Crippen molar-refractivity contribution in [2.24, 2.45) is 0 Å². The Hall–Kier alpha value is -3.52. The summed E-state index contributed by atoms with van der Waals surface area (Å²) in [6.45, 7) is 2.36. The molecule has 0 saturated carbocycles. The molecule has 3 amide bonds. The number of carbonyl (C=O) groups is 3. The average molecular weight is 531 g/mol. The van der Waals surface area contributed by atoms with Crippen LogP contribution in [-0.4, -0.2) is 24.3 Å². The third-order valence-corrected chi connectivity index (χ3v) is 5.76. The van der Waals surface area contributed by atoms with E-state index in [2.05, 4.69) is 10.6 Å². The van der Waals surface area contributed by atoms with Crippen molar-refractivity contribution in [2.45, 2.75) is 6.92 Å². The van der Waals surface area contributed by atoms with E-state index in [1.165, 1.54) is 0 Å². The molecule has 3 aromatic carbocycles. The highest BCUT2D eigenvalue weighted by molar-refractivity contribution is 6.53. The topological polar surface area (TPSA) is 87.7 Å². The van der Waals surface area contributed by atoms with Crippen molar-refractivity contribution in [3.8, 4) is 5.75 Å². The lowest BCUT2D eigenvalue weighted by Gasteiger charge is -2.15. The minimum Gasteiger partial charge on any atom is -0.494 e. The van der Waals surface area contributed by atoms with Gasteiger partial charge in [0.1, 0.15) is 16.5 Å². The molecule has 2 N–H and O–H groups in total. The second-order valence-electron chi connectivity index (χ2n) is 7.38. The number of nitrogens with one attached hydrogen (secondary N) is 2. The number of amides is 3. The Labute approximate surface area is 216 Å². The maximum absolute atomic E-state index is 13.0. The molecule has 0 fully saturated rings. The molecule has 3 aromatic rings. The highest BCUT2D eigenvalue weighted by Crippen LogP contribution is 2.31. The van der Waals surface area contributed by atoms with Crippen LogP contribution in [0.3, 0.4) is 0 Å². The first-order valence-electron chi connectivity index (χ1n) is 10.4. The Morgan fingerprint density at radius 2 is 1.49 bits per heavy atom. The Balaban J connectivity index is 1.46. The summed E-state index contributed by atoms with van der Waals surface area (Å²) in [6.07, 6.45) is 0. The number of benzene rings is 3. The molecule has 0 spiro atoms. The van der Waals surface area contributed by atoms with Gasteiger partial charge in [-0.15, -0.1) is 0 Å². The third-order valence-electron chi connectivity index (χ3n) is 4.97. The molecule has 0 radical (unpaired) electrons. The fourth-order valence-electron chi connectivity index (χ4n) is 3.38. The maximum atomic E-state index is 13.0. The predicted octanol–water partition coefficient (Wildman–Crippen LogP) is 6.08. The van der Waals surface area contributed by atoms with Crippen molar-refractivity contribution < 1.29 is 19.1 Å². The van der Waals surface area contributed by atoms with Gasteiger partial charge >= 0.3 is 0 Å². The minimum atomic E-state index is -0.639. The lowest BCUT2D eigenvalue weighted by molar-refractivity contribution is -0.120. The van der Waals surface area contributed by atoms with Gasteiger partial charge in [-0.25, -0.2) is 4.90 Å². The number of imide groups is 1. The second-order valence-corrected chi connectivity index (χ2v) is 8.63. The SMILES string of the molecule is CCOc1ccc(N2C(=O)C(Cl)=C(Nc3ccc(C(=O)Nc4cc(Cl)cc(Cl)c4)cc3)C2=O)cc1. The fraction of sp³-hybridized carbons (Fsp3) is 0.0800. The summed E-state index contributed by atoms with van der Waals surface area (Å²) in [5.41, 5.74) is 1.59. The lowest BCUT2D eigenvalue weighted by atomic mass is 10.2. The van der Waals surface area contributed by atoms with Crippen LogP contribution in [0.1, 0.15) is 17.3 Å². The van der Waals surface area contributed by atoms with Gasteiger partial charge in [-0.1, -0.05) is 34.8 Å². The summed E-state index contributed by atoms with van der Waals surface area (Å²) in [7, 11) is 0. The standard InChI is InChI=1S/C25H18Cl3N3O4/c1-2-35-20-9-7-19(8-10-20)31-24(33)21(28)22(25(31)34)29-17-5-3-14(4-6-17)23(32)30-18-12-15(26)11-16(27)13-18/h3-13,29H,2H2,1H3,(H,30,32). The molecular formula is C25H18Cl3N3O4. The normalized spacial score (nSPS) is 13.3. The smallest absolute Gasteiger partial charge is 0.283 e. The van der Waals surface area contributed by atoms with E-state index < -0.39 is 11.8 Å². The molecule has 1 aliphatic heterocycles. The molecule has 7 nitrogen and oxygen atoms in total. The van der Waals surface area contributed by atoms with E-state index in [1.54, 1.807) is 66.7 Å². The van der Waals surface area contributed by atoms with E-state index in [4.69, 9.17) is 39.5 Å². The van der Waals surface area contributed by atoms with E-state index in [9.17, 15) is 14.4 Å². The van der Waals surface area contributed by atoms with Crippen LogP contribution in [0, 0.1) is 0 Å². The second kappa shape index (κ2) is 10.4. The number of hydrogen-bond donors (Lipinski definition) is 2. The molecule has 1 aliphatic rings. The first-order valence-corrected chi connectivity index (χ1v) is 11.6. The van der Waals surface area contributed by atoms with Crippen LogP contribution in [0.4, 0.5) is 17.1 Å². The van der Waals surface area contributed by atoms with Crippen LogP contribution >= 0.6 is 34.8 Å². The summed E-state index contributed by atoms with van der Waals surface area (Å²) in [4.78, 5) is 39.1. The molecule has 4 rings (SSSR count). The van der Waals surface area contributed by atoms with Crippen LogP contribution in [0.2, 0.25) is 10.0 Å². The van der Waals surface area contributed by atoms with Gasteiger partial charge in [0.05, 0.1) is 12.3 Å². The molecule has 0 aliphatic carbocycles. The maximum Gasteiger partial charge on any atom is 0.283 e. The van der Waals surface area contributed by atoms with Crippen molar-refractivity contribution in [1.82, 2.24) is 0 Å². The molecule has 0 unspecified atom stereocenters. The van der Waals surface area contributed by atoms with Gasteiger partial charge in [0, 0.05) is 27.0 Å². The molecule has 10 heteroatoms. The van der Waals surface area contributed by atoms with Crippen molar-refractivity contribution in [1.29, 1.82) is 0 Å². The molecular weight excluding hydrogens is 513 g/mol. The number of rotatable bonds is 7. The van der Waals surface area contributed by atoms with Crippen LogP contribution in [0.5, 0.6) is 5.75 Å². The predicted molar refractivity (Wildman–Crippen MR) is 137 cm³/mol. The van der Waals surface area contributed by atoms with E-state index >= 15 is 0 Å². The molecule has 0 bridgehead atoms. The molecule has 0 atom stereocenters. The van der Waals surface area contributed by atoms with Gasteiger partial charge < -0.3 is 15.4 Å². The minimum absolute atomic E-state index is 0.0590. The van der Waals surface area contributed by atoms with Crippen LogP contribution in [0.15, 0.2) is 77.5 Å². The first kappa shape index (κ1) is 24.6. The van der Waals surface area contributed by atoms with Gasteiger partial charge in [-0.3, -0.25) is 14.4 Å². The van der Waals surface area contributed by atoms with Crippen LogP contribution in [-0.2, 0) is 9.59 Å². The first-order chi connectivity index (χ1) is 16.8. The van der Waals surface area contributed by atoms with E-state index in [1.807, 2.05) is 6.92 Å². The van der Waals surface area contributed by atoms with Crippen molar-refractivity contribution in [3.05, 3.63) is 93.1 Å². The summed E-state index contributed by atoms with van der Waals surface area (Å²) in [5, 5.41) is 6.15. The summed E-state index contributed by atoms with van der Waals surface area (Å²) in [6, 6.07) is 17.6.